The number of hydrogen-bond acceptors (Lipinski definition) is 4. The number of amides is 1. The molecule has 0 spiro atoms. The van der Waals surface area contributed by atoms with E-state index >= 15 is 0 Å². The minimum Gasteiger partial charge on any atom is -0.355 e. The van der Waals surface area contributed by atoms with Gasteiger partial charge in [-0.3, -0.25) is 9.48 Å². The molecule has 6 nitrogen and oxygen atoms in total. The fourth-order valence-electron chi connectivity index (χ4n) is 3.42. The van der Waals surface area contributed by atoms with E-state index < -0.39 is 0 Å². The zero-order chi connectivity index (χ0) is 20.3. The third kappa shape index (κ3) is 3.58. The van der Waals surface area contributed by atoms with Crippen LogP contribution in [0.15, 0.2) is 95.6 Å². The molecule has 6 heteroatoms. The zero-order valence-electron chi connectivity index (χ0n) is 16.0. The summed E-state index contributed by atoms with van der Waals surface area (Å²) in [6.45, 7) is 0.610. The van der Waals surface area contributed by atoms with Gasteiger partial charge in [-0.05, 0) is 16.3 Å². The maximum absolute atomic E-state index is 12.5. The molecule has 1 amide bonds. The molecule has 2 aromatic heterocycles. The summed E-state index contributed by atoms with van der Waals surface area (Å²) in [6, 6.07) is 27.4. The largest absolute Gasteiger partial charge is 0.355 e. The molecule has 3 aromatic carbocycles. The second kappa shape index (κ2) is 7.67. The van der Waals surface area contributed by atoms with Gasteiger partial charge in [0, 0.05) is 23.9 Å². The van der Waals surface area contributed by atoms with Crippen LogP contribution in [0, 0.1) is 0 Å². The summed E-state index contributed by atoms with van der Waals surface area (Å²) < 4.78 is 7.10. The summed E-state index contributed by atoms with van der Waals surface area (Å²) in [5, 5.41) is 13.5. The first-order chi connectivity index (χ1) is 14.8. The molecule has 5 aromatic rings. The van der Waals surface area contributed by atoms with Crippen molar-refractivity contribution >= 4 is 22.5 Å². The molecule has 0 saturated carbocycles. The zero-order valence-corrected chi connectivity index (χ0v) is 16.0. The van der Waals surface area contributed by atoms with E-state index in [1.165, 1.54) is 10.8 Å². The first kappa shape index (κ1) is 17.9. The smallest absolute Gasteiger partial charge is 0.279 e. The van der Waals surface area contributed by atoms with Gasteiger partial charge in [-0.25, -0.2) is 0 Å². The van der Waals surface area contributed by atoms with E-state index in [9.17, 15) is 4.79 Å². The Kier molecular flexibility index (Phi) is 4.57. The lowest BCUT2D eigenvalue weighted by atomic mass is 10.0. The average Bonchev–Trinajstić information content (AvgIpc) is 3.45. The SMILES string of the molecule is O=C(Nc1ccn(Cc2cccc3ccccc23)n1)c1cc(-c2ccccc2)on1. The van der Waals surface area contributed by atoms with Crippen LogP contribution in [-0.2, 0) is 6.54 Å². The number of nitrogens with one attached hydrogen (secondary N) is 1. The molecule has 1 N–H and O–H groups in total. The number of carbonyl (C=O) groups is 1. The van der Waals surface area contributed by atoms with Crippen LogP contribution in [0.4, 0.5) is 5.82 Å². The van der Waals surface area contributed by atoms with E-state index in [-0.39, 0.29) is 11.6 Å². The van der Waals surface area contributed by atoms with Gasteiger partial charge in [-0.15, -0.1) is 0 Å². The molecule has 146 valence electrons. The number of aromatic nitrogens is 3. The van der Waals surface area contributed by atoms with Crippen molar-refractivity contribution in [2.75, 3.05) is 5.32 Å². The Morgan fingerprint density at radius 3 is 2.63 bits per heavy atom. The van der Waals surface area contributed by atoms with E-state index in [1.807, 2.05) is 54.7 Å². The van der Waals surface area contributed by atoms with Crippen LogP contribution in [0.5, 0.6) is 0 Å². The van der Waals surface area contributed by atoms with Crippen LogP contribution in [0.3, 0.4) is 0 Å². The minimum absolute atomic E-state index is 0.206. The fourth-order valence-corrected chi connectivity index (χ4v) is 3.42. The maximum Gasteiger partial charge on any atom is 0.279 e. The van der Waals surface area contributed by atoms with Gasteiger partial charge in [0.1, 0.15) is 0 Å². The Labute approximate surface area is 172 Å². The molecule has 5 rings (SSSR count). The van der Waals surface area contributed by atoms with E-state index in [1.54, 1.807) is 16.8 Å². The molecule has 0 aliphatic rings. The Morgan fingerprint density at radius 1 is 0.933 bits per heavy atom. The van der Waals surface area contributed by atoms with Crippen LogP contribution in [0.1, 0.15) is 16.1 Å². The highest BCUT2D eigenvalue weighted by atomic mass is 16.5. The van der Waals surface area contributed by atoms with Gasteiger partial charge in [0.15, 0.2) is 17.3 Å². The van der Waals surface area contributed by atoms with Gasteiger partial charge < -0.3 is 9.84 Å². The molecule has 0 atom stereocenters. The van der Waals surface area contributed by atoms with Crippen LogP contribution in [-0.4, -0.2) is 20.8 Å². The number of nitrogens with zero attached hydrogens (tertiary/aromatic N) is 3. The maximum atomic E-state index is 12.5. The summed E-state index contributed by atoms with van der Waals surface area (Å²) in [6.07, 6.45) is 1.84. The lowest BCUT2D eigenvalue weighted by Gasteiger charge is -2.06. The topological polar surface area (TPSA) is 73.0 Å². The van der Waals surface area contributed by atoms with Gasteiger partial charge >= 0.3 is 0 Å². The van der Waals surface area contributed by atoms with Crippen molar-refractivity contribution < 1.29 is 9.32 Å². The Bertz CT molecular complexity index is 1320. The van der Waals surface area contributed by atoms with Crippen LogP contribution >= 0.6 is 0 Å². The molecule has 0 aliphatic carbocycles. The predicted octanol–water partition coefficient (Wildman–Crippen LogP) is 4.99. The van der Waals surface area contributed by atoms with Crippen molar-refractivity contribution in [2.45, 2.75) is 6.54 Å². The summed E-state index contributed by atoms with van der Waals surface area (Å²) in [4.78, 5) is 12.5. The second-order valence-electron chi connectivity index (χ2n) is 6.93. The third-order valence-corrected chi connectivity index (χ3v) is 4.90. The van der Waals surface area contributed by atoms with Gasteiger partial charge in [0.05, 0.1) is 6.54 Å². The summed E-state index contributed by atoms with van der Waals surface area (Å²) in [5.74, 6) is 0.642. The molecule has 2 heterocycles. The van der Waals surface area contributed by atoms with Gasteiger partial charge in [-0.1, -0.05) is 78.0 Å². The first-order valence-corrected chi connectivity index (χ1v) is 9.60. The summed E-state index contributed by atoms with van der Waals surface area (Å²) in [5.41, 5.74) is 2.24. The number of anilines is 1. The molecule has 0 fully saturated rings. The van der Waals surface area contributed by atoms with Crippen LogP contribution in [0.2, 0.25) is 0 Å². The Morgan fingerprint density at radius 2 is 1.73 bits per heavy atom. The third-order valence-electron chi connectivity index (χ3n) is 4.90. The fraction of sp³-hybridized carbons (Fsp3) is 0.0417. The van der Waals surface area contributed by atoms with Crippen LogP contribution < -0.4 is 5.32 Å². The predicted molar refractivity (Wildman–Crippen MR) is 115 cm³/mol. The lowest BCUT2D eigenvalue weighted by molar-refractivity contribution is 0.101. The van der Waals surface area contributed by atoms with E-state index in [4.69, 9.17) is 4.52 Å². The highest BCUT2D eigenvalue weighted by Crippen LogP contribution is 2.21. The van der Waals surface area contributed by atoms with Crippen LogP contribution in [0.25, 0.3) is 22.1 Å². The van der Waals surface area contributed by atoms with Crippen molar-refractivity contribution in [3.63, 3.8) is 0 Å². The number of carbonyl (C=O) groups excluding carboxylic acids is 1. The van der Waals surface area contributed by atoms with Gasteiger partial charge in [0.25, 0.3) is 5.91 Å². The summed E-state index contributed by atoms with van der Waals surface area (Å²) in [7, 11) is 0. The van der Waals surface area contributed by atoms with E-state index in [0.717, 1.165) is 11.1 Å². The molecule has 0 bridgehead atoms. The minimum atomic E-state index is -0.364. The van der Waals surface area contributed by atoms with Crippen molar-refractivity contribution in [1.29, 1.82) is 0 Å². The summed E-state index contributed by atoms with van der Waals surface area (Å²) >= 11 is 0. The lowest BCUT2D eigenvalue weighted by Crippen LogP contribution is -2.13. The van der Waals surface area contributed by atoms with Crippen molar-refractivity contribution in [3.8, 4) is 11.3 Å². The molecule has 0 saturated heterocycles. The molecule has 30 heavy (non-hydrogen) atoms. The molecular formula is C24H18N4O2. The van der Waals surface area contributed by atoms with Crippen molar-refractivity contribution in [3.05, 3.63) is 102 Å². The molecule has 0 radical (unpaired) electrons. The number of hydrogen-bond donors (Lipinski definition) is 1. The second-order valence-corrected chi connectivity index (χ2v) is 6.93. The first-order valence-electron chi connectivity index (χ1n) is 9.60. The van der Waals surface area contributed by atoms with Gasteiger partial charge in [0.2, 0.25) is 0 Å². The highest BCUT2D eigenvalue weighted by molar-refractivity contribution is 6.02. The Balaban J connectivity index is 1.30. The number of fused-ring (bicyclic) bond motifs is 1. The monoisotopic (exact) mass is 394 g/mol. The highest BCUT2D eigenvalue weighted by Gasteiger charge is 2.15. The molecular weight excluding hydrogens is 376 g/mol. The standard InChI is InChI=1S/C24H18N4O2/c29-24(21-15-22(30-27-21)18-8-2-1-3-9-18)25-23-13-14-28(26-23)16-19-11-6-10-17-7-4-5-12-20(17)19/h1-15H,16H2,(H,25,26,29). The Hall–Kier alpha value is -4.19. The molecule has 0 unspecified atom stereocenters. The molecule has 0 aliphatic heterocycles. The van der Waals surface area contributed by atoms with Crippen molar-refractivity contribution in [1.82, 2.24) is 14.9 Å². The quantitative estimate of drug-likeness (QED) is 0.456. The van der Waals surface area contributed by atoms with E-state index in [0.29, 0.717) is 18.1 Å². The average molecular weight is 394 g/mol. The number of benzene rings is 3. The van der Waals surface area contributed by atoms with Crippen molar-refractivity contribution in [2.24, 2.45) is 0 Å². The van der Waals surface area contributed by atoms with E-state index in [2.05, 4.69) is 39.8 Å². The van der Waals surface area contributed by atoms with Gasteiger partial charge in [-0.2, -0.15) is 5.10 Å². The number of rotatable bonds is 5. The normalized spacial score (nSPS) is 10.9.